The van der Waals surface area contributed by atoms with Crippen molar-refractivity contribution in [2.24, 2.45) is 0 Å². The predicted octanol–water partition coefficient (Wildman–Crippen LogP) is 2.67. The average molecular weight is 304 g/mol. The molecule has 1 aromatic carbocycles. The fourth-order valence-electron chi connectivity index (χ4n) is 2.77. The van der Waals surface area contributed by atoms with Crippen LogP contribution in [0, 0.1) is 6.92 Å². The number of carbonyl (C=O) groups excluding carboxylic acids is 1. The third kappa shape index (κ3) is 5.11. The molecule has 1 aliphatic rings. The monoisotopic (exact) mass is 304 g/mol. The van der Waals surface area contributed by atoms with E-state index < -0.39 is 0 Å². The highest BCUT2D eigenvalue weighted by atomic mass is 16.5. The van der Waals surface area contributed by atoms with Crippen LogP contribution in [0.1, 0.15) is 43.4 Å². The number of nitrogens with one attached hydrogen (secondary N) is 1. The van der Waals surface area contributed by atoms with Crippen LogP contribution in [0.4, 0.5) is 0 Å². The molecule has 4 heteroatoms. The molecule has 1 N–H and O–H groups in total. The molecular formula is C18H28N2O2. The summed E-state index contributed by atoms with van der Waals surface area (Å²) in [5.41, 5.74) is 2.53. The minimum Gasteiger partial charge on any atom is -0.379 e. The summed E-state index contributed by atoms with van der Waals surface area (Å²) in [5, 5.41) is 3.11. The number of aryl methyl sites for hydroxylation is 1. The Morgan fingerprint density at radius 3 is 2.59 bits per heavy atom. The first-order chi connectivity index (χ1) is 10.7. The van der Waals surface area contributed by atoms with E-state index in [-0.39, 0.29) is 11.9 Å². The van der Waals surface area contributed by atoms with E-state index in [0.717, 1.165) is 39.1 Å². The van der Waals surface area contributed by atoms with Gasteiger partial charge >= 0.3 is 0 Å². The fraction of sp³-hybridized carbons (Fsp3) is 0.611. The van der Waals surface area contributed by atoms with Gasteiger partial charge in [-0.05, 0) is 18.9 Å². The number of benzene rings is 1. The molecular weight excluding hydrogens is 276 g/mol. The molecule has 1 saturated heterocycles. The van der Waals surface area contributed by atoms with E-state index in [0.29, 0.717) is 13.0 Å². The zero-order chi connectivity index (χ0) is 15.8. The summed E-state index contributed by atoms with van der Waals surface area (Å²) in [6.45, 7) is 8.26. The van der Waals surface area contributed by atoms with Crippen LogP contribution in [0.2, 0.25) is 0 Å². The Hall–Kier alpha value is -1.39. The van der Waals surface area contributed by atoms with Crippen molar-refractivity contribution in [2.75, 3.05) is 32.8 Å². The van der Waals surface area contributed by atoms with Crippen molar-refractivity contribution >= 4 is 5.91 Å². The number of carbonyl (C=O) groups is 1. The quantitative estimate of drug-likeness (QED) is 0.842. The van der Waals surface area contributed by atoms with E-state index in [4.69, 9.17) is 4.74 Å². The van der Waals surface area contributed by atoms with E-state index in [1.807, 2.05) is 0 Å². The SMILES string of the molecule is CCCCC(=O)NC[C@@H](c1ccc(C)cc1)N1CCOCC1. The molecule has 1 atom stereocenters. The molecule has 1 heterocycles. The van der Waals surface area contributed by atoms with Gasteiger partial charge in [0, 0.05) is 26.1 Å². The van der Waals surface area contributed by atoms with Crippen LogP contribution < -0.4 is 5.32 Å². The molecule has 1 aromatic rings. The maximum Gasteiger partial charge on any atom is 0.220 e. The van der Waals surface area contributed by atoms with Crippen LogP contribution in [0.3, 0.4) is 0 Å². The topological polar surface area (TPSA) is 41.6 Å². The highest BCUT2D eigenvalue weighted by Crippen LogP contribution is 2.21. The van der Waals surface area contributed by atoms with Crippen molar-refractivity contribution in [3.63, 3.8) is 0 Å². The summed E-state index contributed by atoms with van der Waals surface area (Å²) in [6, 6.07) is 8.86. The van der Waals surface area contributed by atoms with Crippen LogP contribution in [0.25, 0.3) is 0 Å². The van der Waals surface area contributed by atoms with Gasteiger partial charge in [0.2, 0.25) is 5.91 Å². The number of nitrogens with zero attached hydrogens (tertiary/aromatic N) is 1. The molecule has 4 nitrogen and oxygen atoms in total. The molecule has 0 saturated carbocycles. The first-order valence-electron chi connectivity index (χ1n) is 8.35. The van der Waals surface area contributed by atoms with Crippen molar-refractivity contribution < 1.29 is 9.53 Å². The Labute approximate surface area is 133 Å². The summed E-state index contributed by atoms with van der Waals surface area (Å²) in [6.07, 6.45) is 2.64. The number of hydrogen-bond acceptors (Lipinski definition) is 3. The molecule has 1 fully saturated rings. The molecule has 0 radical (unpaired) electrons. The molecule has 0 unspecified atom stereocenters. The van der Waals surface area contributed by atoms with Gasteiger partial charge in [0.25, 0.3) is 0 Å². The molecule has 2 rings (SSSR count). The first kappa shape index (κ1) is 17.0. The Kier molecular flexibility index (Phi) is 6.87. The molecule has 0 aromatic heterocycles. The highest BCUT2D eigenvalue weighted by molar-refractivity contribution is 5.75. The van der Waals surface area contributed by atoms with E-state index in [1.54, 1.807) is 0 Å². The first-order valence-corrected chi connectivity index (χ1v) is 8.35. The predicted molar refractivity (Wildman–Crippen MR) is 88.8 cm³/mol. The van der Waals surface area contributed by atoms with E-state index in [2.05, 4.69) is 48.3 Å². The number of hydrogen-bond donors (Lipinski definition) is 1. The second-order valence-electron chi connectivity index (χ2n) is 5.98. The molecule has 0 spiro atoms. The molecule has 1 aliphatic heterocycles. The lowest BCUT2D eigenvalue weighted by Gasteiger charge is -2.35. The third-order valence-electron chi connectivity index (χ3n) is 4.20. The average Bonchev–Trinajstić information content (AvgIpc) is 2.55. The normalized spacial score (nSPS) is 17.2. The number of rotatable bonds is 7. The summed E-state index contributed by atoms with van der Waals surface area (Å²) < 4.78 is 5.45. The van der Waals surface area contributed by atoms with Gasteiger partial charge in [0.15, 0.2) is 0 Å². The van der Waals surface area contributed by atoms with E-state index in [9.17, 15) is 4.79 Å². The second kappa shape index (κ2) is 8.91. The zero-order valence-corrected chi connectivity index (χ0v) is 13.8. The van der Waals surface area contributed by atoms with E-state index >= 15 is 0 Å². The maximum absolute atomic E-state index is 11.9. The molecule has 0 aliphatic carbocycles. The van der Waals surface area contributed by atoms with Crippen molar-refractivity contribution in [3.8, 4) is 0 Å². The number of morpholine rings is 1. The smallest absolute Gasteiger partial charge is 0.220 e. The lowest BCUT2D eigenvalue weighted by atomic mass is 10.0. The maximum atomic E-state index is 11.9. The summed E-state index contributed by atoms with van der Waals surface area (Å²) in [4.78, 5) is 14.3. The fourth-order valence-corrected chi connectivity index (χ4v) is 2.77. The van der Waals surface area contributed by atoms with Crippen LogP contribution in [-0.4, -0.2) is 43.7 Å². The van der Waals surface area contributed by atoms with Gasteiger partial charge in [0.05, 0.1) is 19.3 Å². The Balaban J connectivity index is 2.01. The number of amides is 1. The van der Waals surface area contributed by atoms with Crippen molar-refractivity contribution in [3.05, 3.63) is 35.4 Å². The van der Waals surface area contributed by atoms with Crippen LogP contribution >= 0.6 is 0 Å². The van der Waals surface area contributed by atoms with Crippen molar-refractivity contribution in [1.82, 2.24) is 10.2 Å². The number of unbranched alkanes of at least 4 members (excludes halogenated alkanes) is 1. The van der Waals surface area contributed by atoms with E-state index in [1.165, 1.54) is 11.1 Å². The van der Waals surface area contributed by atoms with Crippen LogP contribution in [0.5, 0.6) is 0 Å². The van der Waals surface area contributed by atoms with Gasteiger partial charge in [-0.3, -0.25) is 9.69 Å². The molecule has 122 valence electrons. The summed E-state index contributed by atoms with van der Waals surface area (Å²) in [5.74, 6) is 0.159. The summed E-state index contributed by atoms with van der Waals surface area (Å²) >= 11 is 0. The molecule has 0 bridgehead atoms. The number of ether oxygens (including phenoxy) is 1. The van der Waals surface area contributed by atoms with Crippen LogP contribution in [0.15, 0.2) is 24.3 Å². The molecule has 22 heavy (non-hydrogen) atoms. The third-order valence-corrected chi connectivity index (χ3v) is 4.20. The minimum atomic E-state index is 0.159. The minimum absolute atomic E-state index is 0.159. The van der Waals surface area contributed by atoms with Gasteiger partial charge < -0.3 is 10.1 Å². The van der Waals surface area contributed by atoms with Gasteiger partial charge in [-0.15, -0.1) is 0 Å². The Morgan fingerprint density at radius 1 is 1.27 bits per heavy atom. The lowest BCUT2D eigenvalue weighted by molar-refractivity contribution is -0.121. The lowest BCUT2D eigenvalue weighted by Crippen LogP contribution is -2.43. The largest absolute Gasteiger partial charge is 0.379 e. The molecule has 1 amide bonds. The Morgan fingerprint density at radius 2 is 1.95 bits per heavy atom. The van der Waals surface area contributed by atoms with Crippen molar-refractivity contribution in [1.29, 1.82) is 0 Å². The standard InChI is InChI=1S/C18H28N2O2/c1-3-4-5-18(21)19-14-17(20-10-12-22-13-11-20)16-8-6-15(2)7-9-16/h6-9,17H,3-5,10-14H2,1-2H3,(H,19,21)/t17-/m0/s1. The highest BCUT2D eigenvalue weighted by Gasteiger charge is 2.23. The second-order valence-corrected chi connectivity index (χ2v) is 5.98. The van der Waals surface area contributed by atoms with Crippen molar-refractivity contribution in [2.45, 2.75) is 39.2 Å². The zero-order valence-electron chi connectivity index (χ0n) is 13.8. The Bertz CT molecular complexity index is 453. The van der Waals surface area contributed by atoms with Gasteiger partial charge in [-0.2, -0.15) is 0 Å². The van der Waals surface area contributed by atoms with Gasteiger partial charge in [0.1, 0.15) is 0 Å². The van der Waals surface area contributed by atoms with Gasteiger partial charge in [-0.1, -0.05) is 43.2 Å². The summed E-state index contributed by atoms with van der Waals surface area (Å²) in [7, 11) is 0. The van der Waals surface area contributed by atoms with Gasteiger partial charge in [-0.25, -0.2) is 0 Å². The van der Waals surface area contributed by atoms with Crippen LogP contribution in [-0.2, 0) is 9.53 Å².